The van der Waals surface area contributed by atoms with Gasteiger partial charge in [-0.25, -0.2) is 4.79 Å². The van der Waals surface area contributed by atoms with Crippen molar-refractivity contribution in [2.45, 2.75) is 58.6 Å². The van der Waals surface area contributed by atoms with E-state index in [1.165, 1.54) is 31.2 Å². The van der Waals surface area contributed by atoms with E-state index in [-0.39, 0.29) is 59.3 Å². The Morgan fingerprint density at radius 3 is 2.33 bits per heavy atom. The van der Waals surface area contributed by atoms with Gasteiger partial charge in [-0.1, -0.05) is 24.3 Å². The van der Waals surface area contributed by atoms with Crippen LogP contribution in [0.1, 0.15) is 51.7 Å². The second-order valence-electron chi connectivity index (χ2n) is 10.9. The molecule has 1 aliphatic heterocycles. The summed E-state index contributed by atoms with van der Waals surface area (Å²) in [7, 11) is 0. The molecule has 0 fully saturated rings. The van der Waals surface area contributed by atoms with E-state index in [0.717, 1.165) is 5.56 Å². The monoisotopic (exact) mass is 602 g/mol. The molecule has 228 valence electrons. The van der Waals surface area contributed by atoms with Gasteiger partial charge in [0.25, 0.3) is 5.69 Å². The third-order valence-corrected chi connectivity index (χ3v) is 6.47. The molecule has 2 atom stereocenters. The molecule has 1 aliphatic rings. The van der Waals surface area contributed by atoms with Crippen LogP contribution < -0.4 is 20.5 Å². The van der Waals surface area contributed by atoms with Crippen LogP contribution in [0, 0.1) is 10.1 Å². The fourth-order valence-electron chi connectivity index (χ4n) is 4.45. The van der Waals surface area contributed by atoms with E-state index >= 15 is 0 Å². The van der Waals surface area contributed by atoms with E-state index < -0.39 is 28.9 Å². The molecule has 0 amide bonds. The largest absolute Gasteiger partial charge is 0.545 e. The van der Waals surface area contributed by atoms with E-state index in [4.69, 9.17) is 9.47 Å². The van der Waals surface area contributed by atoms with Gasteiger partial charge in [-0.15, -0.1) is 12.4 Å². The minimum atomic E-state index is -1.50. The van der Waals surface area contributed by atoms with Crippen LogP contribution in [0.4, 0.5) is 5.69 Å². The maximum absolute atomic E-state index is 13.3. The lowest BCUT2D eigenvalue weighted by atomic mass is 9.80. The zero-order chi connectivity index (χ0) is 30.3. The van der Waals surface area contributed by atoms with Crippen molar-refractivity contribution in [1.82, 2.24) is 10.6 Å². The molecule has 0 radical (unpaired) electrons. The number of carbonyl (C=O) groups excluding carboxylic acids is 2. The summed E-state index contributed by atoms with van der Waals surface area (Å²) in [6.45, 7) is 9.75. The van der Waals surface area contributed by atoms with Gasteiger partial charge in [0, 0.05) is 53.5 Å². The number of rotatable bonds is 12. The zero-order valence-corrected chi connectivity index (χ0v) is 25.1. The smallest absolute Gasteiger partial charge is 0.336 e. The summed E-state index contributed by atoms with van der Waals surface area (Å²) in [5.74, 6) is -2.76. The highest BCUT2D eigenvalue weighted by atomic mass is 35.5. The van der Waals surface area contributed by atoms with E-state index in [9.17, 15) is 29.9 Å². The summed E-state index contributed by atoms with van der Waals surface area (Å²) >= 11 is 0. The van der Waals surface area contributed by atoms with Crippen LogP contribution in [0.5, 0.6) is 5.75 Å². The first kappa shape index (κ1) is 34.3. The number of dihydropyridines is 1. The van der Waals surface area contributed by atoms with Crippen LogP contribution >= 0.6 is 12.4 Å². The van der Waals surface area contributed by atoms with Gasteiger partial charge in [0.2, 0.25) is 0 Å². The summed E-state index contributed by atoms with van der Waals surface area (Å²) in [6, 6.07) is 12.7. The molecule has 42 heavy (non-hydrogen) atoms. The van der Waals surface area contributed by atoms with Crippen molar-refractivity contribution in [3.05, 3.63) is 92.3 Å². The van der Waals surface area contributed by atoms with Crippen LogP contribution in [-0.2, 0) is 20.7 Å². The van der Waals surface area contributed by atoms with Crippen LogP contribution in [0.2, 0.25) is 0 Å². The normalized spacial score (nSPS) is 15.8. The van der Waals surface area contributed by atoms with Crippen molar-refractivity contribution in [3.63, 3.8) is 0 Å². The predicted octanol–water partition coefficient (Wildman–Crippen LogP) is 2.92. The summed E-state index contributed by atoms with van der Waals surface area (Å²) in [5.41, 5.74) is 1.30. The molecule has 0 aromatic heterocycles. The van der Waals surface area contributed by atoms with Gasteiger partial charge in [-0.3, -0.25) is 10.1 Å². The quantitative estimate of drug-likeness (QED) is 0.187. The highest BCUT2D eigenvalue weighted by Gasteiger charge is 2.35. The molecule has 3 rings (SSSR count). The third-order valence-electron chi connectivity index (χ3n) is 6.47. The molecule has 0 aliphatic carbocycles. The van der Waals surface area contributed by atoms with Gasteiger partial charge in [-0.05, 0) is 57.9 Å². The number of halogens is 1. The van der Waals surface area contributed by atoms with Crippen LogP contribution in [-0.4, -0.2) is 53.4 Å². The lowest BCUT2D eigenvalue weighted by molar-refractivity contribution is -0.384. The molecule has 2 aromatic carbocycles. The Balaban J connectivity index is 0.00000616. The number of β-amino-alcohol motifs (C(OH)–C–C–N with tert-alkyl or cyclic N) is 1. The molecule has 12 heteroatoms. The van der Waals surface area contributed by atoms with Crippen molar-refractivity contribution < 1.29 is 34.2 Å². The van der Waals surface area contributed by atoms with E-state index in [2.05, 4.69) is 10.6 Å². The molecule has 0 spiro atoms. The Kier molecular flexibility index (Phi) is 12.1. The zero-order valence-electron chi connectivity index (χ0n) is 24.3. The maximum atomic E-state index is 13.3. The van der Waals surface area contributed by atoms with Crippen LogP contribution in [0.15, 0.2) is 71.1 Å². The molecular weight excluding hydrogens is 566 g/mol. The van der Waals surface area contributed by atoms with Gasteiger partial charge in [0.05, 0.1) is 23.1 Å². The average molecular weight is 603 g/mol. The van der Waals surface area contributed by atoms with Crippen LogP contribution in [0.25, 0.3) is 0 Å². The molecule has 0 saturated carbocycles. The number of carboxylic acid groups (broad SMARTS) is 1. The molecule has 1 heterocycles. The van der Waals surface area contributed by atoms with Gasteiger partial charge in [0.15, 0.2) is 0 Å². The number of aliphatic carboxylic acids is 1. The second kappa shape index (κ2) is 14.8. The molecule has 3 N–H and O–H groups in total. The number of carbonyl (C=O) groups is 2. The lowest BCUT2D eigenvalue weighted by Crippen LogP contribution is -2.42. The molecule has 11 nitrogen and oxygen atoms in total. The van der Waals surface area contributed by atoms with Crippen molar-refractivity contribution in [1.29, 1.82) is 0 Å². The van der Waals surface area contributed by atoms with Gasteiger partial charge < -0.3 is 35.1 Å². The predicted molar refractivity (Wildman–Crippen MR) is 157 cm³/mol. The number of non-ortho nitro benzene ring substituents is 1. The van der Waals surface area contributed by atoms with Crippen LogP contribution in [0.3, 0.4) is 0 Å². The Bertz CT molecular complexity index is 1350. The molecular formula is C30H37ClN3O8-. The fraction of sp³-hybridized carbons (Fsp3) is 0.400. The number of benzene rings is 2. The SMILES string of the molecule is CC1=C(C(=O)[O-])C(c2cccc([N+](=O)[O-])c2)C(C(=O)OCCc2ccc(OCC(O)CNC(C)(C)C)cc2)=C(C)N1.Cl. The number of esters is 1. The Morgan fingerprint density at radius 2 is 1.74 bits per heavy atom. The lowest BCUT2D eigenvalue weighted by Gasteiger charge is -2.32. The number of aliphatic hydroxyl groups excluding tert-OH is 1. The fourth-order valence-corrected chi connectivity index (χ4v) is 4.45. The van der Waals surface area contributed by atoms with Crippen molar-refractivity contribution in [2.24, 2.45) is 0 Å². The number of nitro benzene ring substituents is 1. The number of nitrogens with zero attached hydrogens (tertiary/aromatic N) is 1. The number of ether oxygens (including phenoxy) is 2. The maximum Gasteiger partial charge on any atom is 0.336 e. The number of aliphatic hydroxyl groups is 1. The third kappa shape index (κ3) is 9.30. The summed E-state index contributed by atoms with van der Waals surface area (Å²) < 4.78 is 11.2. The summed E-state index contributed by atoms with van der Waals surface area (Å²) in [5, 5.41) is 39.6. The van der Waals surface area contributed by atoms with E-state index in [0.29, 0.717) is 24.4 Å². The number of carboxylic acids is 1. The number of nitrogens with one attached hydrogen (secondary N) is 2. The Morgan fingerprint density at radius 1 is 1.10 bits per heavy atom. The second-order valence-corrected chi connectivity index (χ2v) is 10.9. The number of hydrogen-bond acceptors (Lipinski definition) is 10. The Hall–Kier alpha value is -3.93. The van der Waals surface area contributed by atoms with Crippen molar-refractivity contribution >= 4 is 30.0 Å². The molecule has 2 unspecified atom stereocenters. The highest BCUT2D eigenvalue weighted by molar-refractivity contribution is 5.98. The minimum absolute atomic E-state index is 0. The highest BCUT2D eigenvalue weighted by Crippen LogP contribution is 2.39. The number of allylic oxidation sites excluding steroid dienone is 2. The number of nitro groups is 1. The molecule has 0 saturated heterocycles. The number of hydrogen-bond donors (Lipinski definition) is 3. The van der Waals surface area contributed by atoms with Gasteiger partial charge in [-0.2, -0.15) is 0 Å². The van der Waals surface area contributed by atoms with E-state index in [1.807, 2.05) is 32.9 Å². The standard InChI is InChI=1S/C30H37N3O8.ClH/c1-18-25(28(35)36)27(21-7-6-8-22(15-21)33(38)39)26(19(2)32-18)29(37)40-14-13-20-9-11-24(12-10-20)41-17-23(34)16-31-30(3,4)5;/h6-12,15,23,27,31-32,34H,13-14,16-17H2,1-5H3,(H,35,36);1H/p-1. The molecule has 2 aromatic rings. The Labute approximate surface area is 251 Å². The topological polar surface area (TPSA) is 163 Å². The van der Waals surface area contributed by atoms with E-state index in [1.54, 1.807) is 19.1 Å². The molecule has 0 bridgehead atoms. The average Bonchev–Trinajstić information content (AvgIpc) is 2.90. The summed E-state index contributed by atoms with van der Waals surface area (Å²) in [6.07, 6.45) is -0.282. The summed E-state index contributed by atoms with van der Waals surface area (Å²) in [4.78, 5) is 36.1. The van der Waals surface area contributed by atoms with Gasteiger partial charge in [0.1, 0.15) is 18.5 Å². The first-order valence-electron chi connectivity index (χ1n) is 13.2. The first-order chi connectivity index (χ1) is 19.3. The first-order valence-corrected chi connectivity index (χ1v) is 13.2. The van der Waals surface area contributed by atoms with Gasteiger partial charge >= 0.3 is 5.97 Å². The minimum Gasteiger partial charge on any atom is -0.545 e. The van der Waals surface area contributed by atoms with Crippen molar-refractivity contribution in [2.75, 3.05) is 19.8 Å². The van der Waals surface area contributed by atoms with Crippen molar-refractivity contribution in [3.8, 4) is 5.75 Å².